The second-order valence-corrected chi connectivity index (χ2v) is 7.92. The second kappa shape index (κ2) is 10.5. The van der Waals surface area contributed by atoms with E-state index < -0.39 is 13.0 Å². The minimum atomic E-state index is -2.57. The van der Waals surface area contributed by atoms with Crippen LogP contribution < -0.4 is 14.8 Å². The van der Waals surface area contributed by atoms with Crippen molar-refractivity contribution in [2.75, 3.05) is 11.9 Å². The lowest BCUT2D eigenvalue weighted by atomic mass is 9.98. The van der Waals surface area contributed by atoms with Crippen molar-refractivity contribution < 1.29 is 18.3 Å². The van der Waals surface area contributed by atoms with Crippen molar-refractivity contribution in [1.29, 1.82) is 0 Å². The van der Waals surface area contributed by atoms with Gasteiger partial charge in [-0.25, -0.2) is 23.7 Å². The molecule has 0 radical (unpaired) electrons. The van der Waals surface area contributed by atoms with Gasteiger partial charge in [-0.15, -0.1) is 0 Å². The minimum absolute atomic E-state index is 0.0746. The van der Waals surface area contributed by atoms with Gasteiger partial charge in [-0.05, 0) is 32.6 Å². The predicted octanol–water partition coefficient (Wildman–Crippen LogP) is 3.94. The molecule has 0 unspecified atom stereocenters. The summed E-state index contributed by atoms with van der Waals surface area (Å²) >= 11 is 0. The first-order valence-electron chi connectivity index (χ1n) is 11.0. The molecule has 0 atom stereocenters. The lowest BCUT2D eigenvalue weighted by Gasteiger charge is -2.23. The number of halogens is 2. The molecule has 1 aliphatic rings. The highest BCUT2D eigenvalue weighted by molar-refractivity contribution is 5.58. The zero-order valence-corrected chi connectivity index (χ0v) is 18.7. The molecule has 9 nitrogen and oxygen atoms in total. The zero-order valence-electron chi connectivity index (χ0n) is 18.7. The largest absolute Gasteiger partial charge is 0.487 e. The lowest BCUT2D eigenvalue weighted by molar-refractivity contribution is 0.0796. The van der Waals surface area contributed by atoms with Gasteiger partial charge in [0.1, 0.15) is 0 Å². The van der Waals surface area contributed by atoms with Gasteiger partial charge in [-0.1, -0.05) is 6.42 Å². The van der Waals surface area contributed by atoms with Crippen molar-refractivity contribution in [3.05, 3.63) is 36.0 Å². The molecule has 0 saturated heterocycles. The molecule has 11 heteroatoms. The number of alkyl halides is 2. The lowest BCUT2D eigenvalue weighted by Crippen LogP contribution is -2.20. The number of aromatic nitrogens is 6. The van der Waals surface area contributed by atoms with Crippen LogP contribution in [0.2, 0.25) is 0 Å². The second-order valence-electron chi connectivity index (χ2n) is 7.92. The van der Waals surface area contributed by atoms with Gasteiger partial charge in [0, 0.05) is 19.3 Å². The summed E-state index contributed by atoms with van der Waals surface area (Å²) in [6.45, 7) is 1.52. The van der Waals surface area contributed by atoms with Crippen molar-refractivity contribution in [3.63, 3.8) is 0 Å². The predicted molar refractivity (Wildman–Crippen MR) is 117 cm³/mol. The standard InChI is InChI=1S/C22H27F2N7O2/c1-14-18(33-15-6-4-3-5-7-15)12-26-21(29-14)16-10-28-31(2)17(16)11-27-22-25-9-8-20(30-22)32-13-19(23)24/h8-10,12,15,19H,3-7,11,13H2,1-2H3,(H,25,27,30). The molecular weight excluding hydrogens is 432 g/mol. The monoisotopic (exact) mass is 459 g/mol. The van der Waals surface area contributed by atoms with Crippen LogP contribution in [0, 0.1) is 6.92 Å². The number of anilines is 1. The van der Waals surface area contributed by atoms with E-state index in [1.54, 1.807) is 17.1 Å². The number of nitrogens with one attached hydrogen (secondary N) is 1. The highest BCUT2D eigenvalue weighted by Crippen LogP contribution is 2.27. The van der Waals surface area contributed by atoms with Crippen molar-refractivity contribution in [1.82, 2.24) is 29.7 Å². The number of hydrogen-bond donors (Lipinski definition) is 1. The molecule has 33 heavy (non-hydrogen) atoms. The van der Waals surface area contributed by atoms with Crippen molar-refractivity contribution in [2.45, 2.75) is 58.1 Å². The van der Waals surface area contributed by atoms with Gasteiger partial charge >= 0.3 is 0 Å². The molecule has 1 saturated carbocycles. The van der Waals surface area contributed by atoms with Gasteiger partial charge in [-0.3, -0.25) is 4.68 Å². The molecule has 1 fully saturated rings. The first-order valence-corrected chi connectivity index (χ1v) is 11.0. The molecule has 3 heterocycles. The fraction of sp³-hybridized carbons (Fsp3) is 0.500. The van der Waals surface area contributed by atoms with E-state index in [4.69, 9.17) is 9.47 Å². The van der Waals surface area contributed by atoms with Crippen LogP contribution in [0.15, 0.2) is 24.7 Å². The maximum Gasteiger partial charge on any atom is 0.272 e. The van der Waals surface area contributed by atoms with E-state index in [9.17, 15) is 8.78 Å². The first-order chi connectivity index (χ1) is 16.0. The van der Waals surface area contributed by atoms with Gasteiger partial charge in [0.25, 0.3) is 6.43 Å². The van der Waals surface area contributed by atoms with E-state index in [1.807, 2.05) is 14.0 Å². The number of hydrogen-bond acceptors (Lipinski definition) is 8. The zero-order chi connectivity index (χ0) is 23.2. The minimum Gasteiger partial charge on any atom is -0.487 e. The summed E-state index contributed by atoms with van der Waals surface area (Å²) in [6.07, 6.45) is 8.31. The van der Waals surface area contributed by atoms with E-state index in [1.165, 1.54) is 31.5 Å². The van der Waals surface area contributed by atoms with Crippen LogP contribution in [-0.2, 0) is 13.6 Å². The Morgan fingerprint density at radius 1 is 1.15 bits per heavy atom. The summed E-state index contributed by atoms with van der Waals surface area (Å²) in [5.74, 6) is 1.58. The Morgan fingerprint density at radius 2 is 1.97 bits per heavy atom. The normalized spacial score (nSPS) is 14.5. The topological polar surface area (TPSA) is 99.9 Å². The van der Waals surface area contributed by atoms with E-state index in [0.29, 0.717) is 18.1 Å². The Morgan fingerprint density at radius 3 is 2.73 bits per heavy atom. The molecule has 3 aromatic heterocycles. The smallest absolute Gasteiger partial charge is 0.272 e. The number of ether oxygens (including phenoxy) is 2. The van der Waals surface area contributed by atoms with Gasteiger partial charge in [0.15, 0.2) is 18.2 Å². The van der Waals surface area contributed by atoms with Crippen LogP contribution in [0.3, 0.4) is 0 Å². The summed E-state index contributed by atoms with van der Waals surface area (Å²) in [5.41, 5.74) is 2.36. The molecular formula is C22H27F2N7O2. The fourth-order valence-electron chi connectivity index (χ4n) is 3.74. The van der Waals surface area contributed by atoms with E-state index in [-0.39, 0.29) is 17.9 Å². The van der Waals surface area contributed by atoms with E-state index in [2.05, 4.69) is 30.4 Å². The molecule has 0 aliphatic heterocycles. The van der Waals surface area contributed by atoms with Gasteiger partial charge in [0.05, 0.1) is 42.0 Å². The van der Waals surface area contributed by atoms with Crippen LogP contribution in [0.4, 0.5) is 14.7 Å². The molecule has 3 aromatic rings. The van der Waals surface area contributed by atoms with Crippen LogP contribution in [0.25, 0.3) is 11.4 Å². The fourth-order valence-corrected chi connectivity index (χ4v) is 3.74. The Bertz CT molecular complexity index is 1070. The number of nitrogens with zero attached hydrogens (tertiary/aromatic N) is 6. The van der Waals surface area contributed by atoms with E-state index >= 15 is 0 Å². The molecule has 176 valence electrons. The third-order valence-corrected chi connectivity index (χ3v) is 5.48. The first kappa shape index (κ1) is 22.8. The van der Waals surface area contributed by atoms with Crippen molar-refractivity contribution >= 4 is 5.95 Å². The average molecular weight is 460 g/mol. The summed E-state index contributed by atoms with van der Waals surface area (Å²) < 4.78 is 37.5. The Hall–Kier alpha value is -3.37. The molecule has 0 amide bonds. The van der Waals surface area contributed by atoms with Crippen molar-refractivity contribution in [2.24, 2.45) is 7.05 Å². The Kier molecular flexibility index (Phi) is 7.26. The third kappa shape index (κ3) is 5.91. The highest BCUT2D eigenvalue weighted by Gasteiger charge is 2.19. The molecule has 0 spiro atoms. The number of aryl methyl sites for hydroxylation is 2. The van der Waals surface area contributed by atoms with Gasteiger partial charge in [0.2, 0.25) is 11.8 Å². The third-order valence-electron chi connectivity index (χ3n) is 5.48. The summed E-state index contributed by atoms with van der Waals surface area (Å²) in [4.78, 5) is 17.4. The maximum absolute atomic E-state index is 12.4. The Labute approximate surface area is 190 Å². The van der Waals surface area contributed by atoms with Crippen LogP contribution in [-0.4, -0.2) is 48.9 Å². The van der Waals surface area contributed by atoms with Gasteiger partial charge < -0.3 is 14.8 Å². The summed E-state index contributed by atoms with van der Waals surface area (Å²) in [5, 5.41) is 7.41. The highest BCUT2D eigenvalue weighted by atomic mass is 19.3. The quantitative estimate of drug-likeness (QED) is 0.514. The molecule has 4 rings (SSSR count). The molecule has 1 aliphatic carbocycles. The molecule has 0 aromatic carbocycles. The molecule has 0 bridgehead atoms. The average Bonchev–Trinajstić information content (AvgIpc) is 3.19. The van der Waals surface area contributed by atoms with Crippen LogP contribution in [0.1, 0.15) is 43.5 Å². The number of rotatable bonds is 9. The van der Waals surface area contributed by atoms with E-state index in [0.717, 1.165) is 29.8 Å². The SMILES string of the molecule is Cc1nc(-c2cnn(C)c2CNc2nccc(OCC(F)F)n2)ncc1OC1CCCCC1. The van der Waals surface area contributed by atoms with Gasteiger partial charge in [-0.2, -0.15) is 10.1 Å². The Balaban J connectivity index is 1.45. The van der Waals surface area contributed by atoms with Crippen molar-refractivity contribution in [3.8, 4) is 23.0 Å². The molecule has 1 N–H and O–H groups in total. The van der Waals surface area contributed by atoms with Crippen LogP contribution in [0.5, 0.6) is 11.6 Å². The summed E-state index contributed by atoms with van der Waals surface area (Å²) in [7, 11) is 1.82. The summed E-state index contributed by atoms with van der Waals surface area (Å²) in [6, 6.07) is 1.43. The van der Waals surface area contributed by atoms with Crippen LogP contribution >= 0.6 is 0 Å². The maximum atomic E-state index is 12.4.